The molecule has 0 aliphatic carbocycles. The normalized spacial score (nSPS) is 21.3. The van der Waals surface area contributed by atoms with Gasteiger partial charge in [-0.25, -0.2) is 4.68 Å². The van der Waals surface area contributed by atoms with Crippen molar-refractivity contribution in [2.45, 2.75) is 39.9 Å². The Morgan fingerprint density at radius 1 is 1.20 bits per heavy atom. The van der Waals surface area contributed by atoms with Crippen molar-refractivity contribution in [2.24, 2.45) is 0 Å². The van der Waals surface area contributed by atoms with Crippen molar-refractivity contribution >= 4 is 11.7 Å². The van der Waals surface area contributed by atoms with E-state index in [0.29, 0.717) is 12.4 Å². The Bertz CT molecular complexity index is 728. The van der Waals surface area contributed by atoms with Gasteiger partial charge in [-0.15, -0.1) is 0 Å². The van der Waals surface area contributed by atoms with Crippen molar-refractivity contribution in [3.63, 3.8) is 0 Å². The van der Waals surface area contributed by atoms with Crippen LogP contribution in [0.5, 0.6) is 0 Å². The number of rotatable bonds is 4. The highest BCUT2D eigenvalue weighted by Gasteiger charge is 2.24. The van der Waals surface area contributed by atoms with Crippen LogP contribution in [0.2, 0.25) is 0 Å². The Morgan fingerprint density at radius 3 is 2.48 bits per heavy atom. The van der Waals surface area contributed by atoms with E-state index < -0.39 is 0 Å². The maximum atomic E-state index is 12.5. The van der Waals surface area contributed by atoms with Crippen molar-refractivity contribution in [3.05, 3.63) is 41.6 Å². The smallest absolute Gasteiger partial charge is 0.239 e. The molecule has 3 rings (SSSR count). The first-order valence-electron chi connectivity index (χ1n) is 8.72. The fourth-order valence-electron chi connectivity index (χ4n) is 3.27. The Hall–Kier alpha value is -2.18. The van der Waals surface area contributed by atoms with Gasteiger partial charge in [-0.1, -0.05) is 17.7 Å². The standard InChI is InChI=1S/C19H26N4O2/c1-13-5-7-17(8-6-13)23-18(9-14(2)21-23)20-19(24)12-22-10-15(3)25-16(4)11-22/h5-9,15-16H,10-12H2,1-4H3,(H,20,24)/t15-,16-/m1/s1. The molecular formula is C19H26N4O2. The van der Waals surface area contributed by atoms with E-state index in [2.05, 4.69) is 15.3 Å². The molecule has 0 bridgehead atoms. The molecule has 1 saturated heterocycles. The first-order valence-corrected chi connectivity index (χ1v) is 8.72. The molecule has 1 aliphatic rings. The molecule has 2 heterocycles. The molecule has 0 unspecified atom stereocenters. The topological polar surface area (TPSA) is 59.4 Å². The fraction of sp³-hybridized carbons (Fsp3) is 0.474. The van der Waals surface area contributed by atoms with E-state index in [1.165, 1.54) is 5.56 Å². The van der Waals surface area contributed by atoms with E-state index in [0.717, 1.165) is 24.5 Å². The number of hydrogen-bond acceptors (Lipinski definition) is 4. The summed E-state index contributed by atoms with van der Waals surface area (Å²) in [5.41, 5.74) is 2.99. The average molecular weight is 342 g/mol. The predicted octanol–water partition coefficient (Wildman–Crippen LogP) is 2.54. The molecule has 1 N–H and O–H groups in total. The molecule has 1 aromatic heterocycles. The third-order valence-corrected chi connectivity index (χ3v) is 4.24. The first kappa shape index (κ1) is 17.6. The molecule has 6 heteroatoms. The van der Waals surface area contributed by atoms with Gasteiger partial charge in [0.15, 0.2) is 0 Å². The van der Waals surface area contributed by atoms with E-state index >= 15 is 0 Å². The maximum Gasteiger partial charge on any atom is 0.239 e. The SMILES string of the molecule is Cc1ccc(-n2nc(C)cc2NC(=O)CN2C[C@@H](C)O[C@H](C)C2)cc1. The minimum Gasteiger partial charge on any atom is -0.373 e. The molecular weight excluding hydrogens is 316 g/mol. The Balaban J connectivity index is 1.70. The number of anilines is 1. The summed E-state index contributed by atoms with van der Waals surface area (Å²) in [6.07, 6.45) is 0.300. The maximum absolute atomic E-state index is 12.5. The van der Waals surface area contributed by atoms with E-state index in [-0.39, 0.29) is 18.1 Å². The lowest BCUT2D eigenvalue weighted by molar-refractivity contribution is -0.121. The Morgan fingerprint density at radius 2 is 1.84 bits per heavy atom. The molecule has 1 amide bonds. The monoisotopic (exact) mass is 342 g/mol. The molecule has 134 valence electrons. The fourth-order valence-corrected chi connectivity index (χ4v) is 3.27. The minimum atomic E-state index is -0.0328. The lowest BCUT2D eigenvalue weighted by atomic mass is 10.2. The zero-order valence-corrected chi connectivity index (χ0v) is 15.3. The summed E-state index contributed by atoms with van der Waals surface area (Å²) in [6.45, 7) is 9.95. The van der Waals surface area contributed by atoms with Gasteiger partial charge in [0.2, 0.25) is 5.91 Å². The lowest BCUT2D eigenvalue weighted by Crippen LogP contribution is -2.48. The molecule has 2 atom stereocenters. The van der Waals surface area contributed by atoms with Crippen LogP contribution in [0.3, 0.4) is 0 Å². The number of hydrogen-bond donors (Lipinski definition) is 1. The van der Waals surface area contributed by atoms with Crippen molar-refractivity contribution in [1.82, 2.24) is 14.7 Å². The predicted molar refractivity (Wildman–Crippen MR) is 98.1 cm³/mol. The number of amides is 1. The number of carbonyl (C=O) groups excluding carboxylic acids is 1. The lowest BCUT2D eigenvalue weighted by Gasteiger charge is -2.34. The molecule has 1 fully saturated rings. The number of nitrogens with one attached hydrogen (secondary N) is 1. The van der Waals surface area contributed by atoms with E-state index in [1.54, 1.807) is 4.68 Å². The highest BCUT2D eigenvalue weighted by Crippen LogP contribution is 2.18. The van der Waals surface area contributed by atoms with Gasteiger partial charge < -0.3 is 10.1 Å². The van der Waals surface area contributed by atoms with Crippen LogP contribution in [0.25, 0.3) is 5.69 Å². The van der Waals surface area contributed by atoms with Crippen molar-refractivity contribution in [1.29, 1.82) is 0 Å². The van der Waals surface area contributed by atoms with Gasteiger partial charge in [-0.2, -0.15) is 5.10 Å². The second kappa shape index (κ2) is 7.37. The summed E-state index contributed by atoms with van der Waals surface area (Å²) in [4.78, 5) is 14.6. The number of aryl methyl sites for hydroxylation is 2. The highest BCUT2D eigenvalue weighted by molar-refractivity contribution is 5.91. The van der Waals surface area contributed by atoms with Crippen LogP contribution in [-0.2, 0) is 9.53 Å². The second-order valence-corrected chi connectivity index (χ2v) is 6.92. The zero-order chi connectivity index (χ0) is 18.0. The van der Waals surface area contributed by atoms with Gasteiger partial charge in [0.1, 0.15) is 5.82 Å². The van der Waals surface area contributed by atoms with Gasteiger partial charge >= 0.3 is 0 Å². The molecule has 2 aromatic rings. The van der Waals surface area contributed by atoms with E-state index in [1.807, 2.05) is 58.0 Å². The number of aromatic nitrogens is 2. The van der Waals surface area contributed by atoms with Crippen LogP contribution >= 0.6 is 0 Å². The van der Waals surface area contributed by atoms with Gasteiger partial charge in [0.05, 0.1) is 30.1 Å². The van der Waals surface area contributed by atoms with Crippen LogP contribution in [-0.4, -0.2) is 52.4 Å². The van der Waals surface area contributed by atoms with E-state index in [9.17, 15) is 4.79 Å². The van der Waals surface area contributed by atoms with Gasteiger partial charge in [0.25, 0.3) is 0 Å². The molecule has 25 heavy (non-hydrogen) atoms. The number of nitrogens with zero attached hydrogens (tertiary/aromatic N) is 3. The molecule has 0 spiro atoms. The zero-order valence-electron chi connectivity index (χ0n) is 15.3. The van der Waals surface area contributed by atoms with Gasteiger partial charge in [-0.3, -0.25) is 9.69 Å². The van der Waals surface area contributed by atoms with Crippen LogP contribution in [0, 0.1) is 13.8 Å². The number of carbonyl (C=O) groups is 1. The summed E-state index contributed by atoms with van der Waals surface area (Å²) in [6, 6.07) is 9.97. The quantitative estimate of drug-likeness (QED) is 0.928. The summed E-state index contributed by atoms with van der Waals surface area (Å²) in [5, 5.41) is 7.50. The van der Waals surface area contributed by atoms with Gasteiger partial charge in [-0.05, 0) is 39.8 Å². The van der Waals surface area contributed by atoms with Crippen LogP contribution in [0.1, 0.15) is 25.1 Å². The van der Waals surface area contributed by atoms with E-state index in [4.69, 9.17) is 4.74 Å². The Kier molecular flexibility index (Phi) is 5.20. The number of benzene rings is 1. The van der Waals surface area contributed by atoms with Crippen LogP contribution in [0.15, 0.2) is 30.3 Å². The third kappa shape index (κ3) is 4.46. The van der Waals surface area contributed by atoms with Gasteiger partial charge in [0, 0.05) is 19.2 Å². The minimum absolute atomic E-state index is 0.0328. The van der Waals surface area contributed by atoms with Crippen LogP contribution < -0.4 is 5.32 Å². The highest BCUT2D eigenvalue weighted by atomic mass is 16.5. The van der Waals surface area contributed by atoms with Crippen molar-refractivity contribution < 1.29 is 9.53 Å². The molecule has 0 saturated carbocycles. The van der Waals surface area contributed by atoms with Crippen molar-refractivity contribution in [2.75, 3.05) is 25.0 Å². The Labute approximate surface area is 148 Å². The van der Waals surface area contributed by atoms with Crippen molar-refractivity contribution in [3.8, 4) is 5.69 Å². The molecule has 1 aliphatic heterocycles. The molecule has 0 radical (unpaired) electrons. The average Bonchev–Trinajstić information content (AvgIpc) is 2.87. The summed E-state index contributed by atoms with van der Waals surface area (Å²) >= 11 is 0. The molecule has 6 nitrogen and oxygen atoms in total. The summed E-state index contributed by atoms with van der Waals surface area (Å²) in [7, 11) is 0. The number of ether oxygens (including phenoxy) is 1. The number of morpholine rings is 1. The van der Waals surface area contributed by atoms with Crippen LogP contribution in [0.4, 0.5) is 5.82 Å². The largest absolute Gasteiger partial charge is 0.373 e. The third-order valence-electron chi connectivity index (χ3n) is 4.24. The molecule has 1 aromatic carbocycles. The summed E-state index contributed by atoms with van der Waals surface area (Å²) < 4.78 is 7.49. The second-order valence-electron chi connectivity index (χ2n) is 6.92. The first-order chi connectivity index (χ1) is 11.9. The summed E-state index contributed by atoms with van der Waals surface area (Å²) in [5.74, 6) is 0.662.